The molecule has 0 amide bonds. The minimum atomic E-state index is 0.602. The van der Waals surface area contributed by atoms with E-state index in [1.54, 1.807) is 6.20 Å². The molecule has 2 aromatic rings. The molecule has 0 atom stereocenters. The molecular weight excluding hydrogens is 356 g/mol. The van der Waals surface area contributed by atoms with Crippen molar-refractivity contribution < 1.29 is 0 Å². The summed E-state index contributed by atoms with van der Waals surface area (Å²) in [5.41, 5.74) is 0.785. The Bertz CT molecular complexity index is 442. The number of halogens is 3. The van der Waals surface area contributed by atoms with Gasteiger partial charge < -0.3 is 0 Å². The van der Waals surface area contributed by atoms with Crippen LogP contribution in [0.5, 0.6) is 0 Å². The second kappa shape index (κ2) is 3.12. The predicted octanol–water partition coefficient (Wildman–Crippen LogP) is 2.98. The summed E-state index contributed by atoms with van der Waals surface area (Å²) < 4.78 is 1.58. The number of nitrogens with one attached hydrogen (secondary N) is 1. The summed E-state index contributed by atoms with van der Waals surface area (Å²) in [6.07, 6.45) is 1.67. The molecule has 62 valence electrons. The van der Waals surface area contributed by atoms with Gasteiger partial charge >= 0.3 is 0 Å². The highest BCUT2D eigenvalue weighted by Gasteiger charge is 2.10. The van der Waals surface area contributed by atoms with Gasteiger partial charge in [-0.1, -0.05) is 11.6 Å². The zero-order valence-electron chi connectivity index (χ0n) is 5.61. The van der Waals surface area contributed by atoms with Crippen LogP contribution in [0.4, 0.5) is 0 Å². The lowest BCUT2D eigenvalue weighted by atomic mass is 10.3. The summed E-state index contributed by atoms with van der Waals surface area (Å²) in [5, 5.41) is 8.37. The van der Waals surface area contributed by atoms with Crippen molar-refractivity contribution in [1.82, 2.24) is 15.2 Å². The van der Waals surface area contributed by atoms with Gasteiger partial charge in [0.05, 0.1) is 16.6 Å². The fraction of sp³-hybridized carbons (Fsp3) is 0. The number of aromatic amines is 1. The molecule has 0 fully saturated rings. The molecule has 2 aromatic heterocycles. The number of fused-ring (bicyclic) bond motifs is 1. The van der Waals surface area contributed by atoms with Crippen LogP contribution < -0.4 is 0 Å². The van der Waals surface area contributed by atoms with Gasteiger partial charge in [0, 0.05) is 0 Å². The Morgan fingerprint density at radius 1 is 1.58 bits per heavy atom. The Morgan fingerprint density at radius 2 is 2.33 bits per heavy atom. The van der Waals surface area contributed by atoms with Crippen LogP contribution >= 0.6 is 50.1 Å². The van der Waals surface area contributed by atoms with Crippen molar-refractivity contribution in [2.45, 2.75) is 0 Å². The number of aromatic nitrogens is 3. The summed E-state index contributed by atoms with van der Waals surface area (Å²) in [4.78, 5) is 4.02. The lowest BCUT2D eigenvalue weighted by Crippen LogP contribution is -1.78. The van der Waals surface area contributed by atoms with E-state index in [2.05, 4.69) is 53.7 Å². The van der Waals surface area contributed by atoms with Gasteiger partial charge in [-0.2, -0.15) is 5.10 Å². The van der Waals surface area contributed by atoms with Crippen LogP contribution in [-0.4, -0.2) is 15.2 Å². The molecule has 0 aliphatic heterocycles. The molecule has 0 aliphatic rings. The molecule has 6 heteroatoms. The Morgan fingerprint density at radius 3 is 3.08 bits per heavy atom. The smallest absolute Gasteiger partial charge is 0.125 e. The molecule has 0 aliphatic carbocycles. The molecule has 2 rings (SSSR count). The topological polar surface area (TPSA) is 41.6 Å². The van der Waals surface area contributed by atoms with Crippen molar-refractivity contribution in [3.63, 3.8) is 0 Å². The third-order valence-corrected chi connectivity index (χ3v) is 3.43. The van der Waals surface area contributed by atoms with E-state index in [0.29, 0.717) is 9.63 Å². The van der Waals surface area contributed by atoms with Gasteiger partial charge in [0.1, 0.15) is 13.8 Å². The van der Waals surface area contributed by atoms with E-state index < -0.39 is 0 Å². The summed E-state index contributed by atoms with van der Waals surface area (Å²) in [6.45, 7) is 0. The fourth-order valence-corrected chi connectivity index (χ4v) is 2.28. The van der Waals surface area contributed by atoms with Gasteiger partial charge in [-0.05, 0) is 38.5 Å². The Labute approximate surface area is 95.2 Å². The molecule has 0 saturated heterocycles. The lowest BCUT2D eigenvalue weighted by molar-refractivity contribution is 1.09. The Balaban J connectivity index is 2.96. The quantitative estimate of drug-likeness (QED) is 0.581. The molecule has 1 N–H and O–H groups in total. The van der Waals surface area contributed by atoms with Gasteiger partial charge in [-0.3, -0.25) is 5.10 Å². The molecule has 0 radical (unpaired) electrons. The van der Waals surface area contributed by atoms with E-state index in [1.165, 1.54) is 0 Å². The van der Waals surface area contributed by atoms with Crippen LogP contribution in [0.1, 0.15) is 0 Å². The maximum Gasteiger partial charge on any atom is 0.125 e. The lowest BCUT2D eigenvalue weighted by Gasteiger charge is -1.94. The summed E-state index contributed by atoms with van der Waals surface area (Å²) in [6, 6.07) is 0. The van der Waals surface area contributed by atoms with E-state index in [-0.39, 0.29) is 0 Å². The second-order valence-corrected chi connectivity index (χ2v) is 4.37. The SMILES string of the molecule is Clc1c(Br)ncc2n[nH]c(I)c12. The minimum absolute atomic E-state index is 0.602. The van der Waals surface area contributed by atoms with Crippen LogP contribution in [0, 0.1) is 3.70 Å². The molecule has 12 heavy (non-hydrogen) atoms. The van der Waals surface area contributed by atoms with Crippen molar-refractivity contribution in [2.75, 3.05) is 0 Å². The highest BCUT2D eigenvalue weighted by Crippen LogP contribution is 2.30. The van der Waals surface area contributed by atoms with Crippen molar-refractivity contribution in [1.29, 1.82) is 0 Å². The molecule has 2 heterocycles. The van der Waals surface area contributed by atoms with Gasteiger partial charge in [0.2, 0.25) is 0 Å². The van der Waals surface area contributed by atoms with Crippen molar-refractivity contribution in [3.8, 4) is 0 Å². The third kappa shape index (κ3) is 1.23. The van der Waals surface area contributed by atoms with Crippen LogP contribution in [0.15, 0.2) is 10.8 Å². The van der Waals surface area contributed by atoms with Gasteiger partial charge in [0.25, 0.3) is 0 Å². The maximum atomic E-state index is 6.00. The first-order valence-corrected chi connectivity index (χ1v) is 5.28. The number of pyridine rings is 1. The highest BCUT2D eigenvalue weighted by atomic mass is 127. The van der Waals surface area contributed by atoms with E-state index in [9.17, 15) is 0 Å². The van der Waals surface area contributed by atoms with E-state index in [4.69, 9.17) is 11.6 Å². The fourth-order valence-electron chi connectivity index (χ4n) is 0.913. The monoisotopic (exact) mass is 357 g/mol. The van der Waals surface area contributed by atoms with Crippen LogP contribution in [0.3, 0.4) is 0 Å². The average molecular weight is 358 g/mol. The van der Waals surface area contributed by atoms with E-state index >= 15 is 0 Å². The van der Waals surface area contributed by atoms with Crippen LogP contribution in [0.25, 0.3) is 10.9 Å². The predicted molar refractivity (Wildman–Crippen MR) is 59.3 cm³/mol. The molecule has 0 unspecified atom stereocenters. The molecular formula is C6H2BrClIN3. The number of hydrogen-bond donors (Lipinski definition) is 1. The first kappa shape index (κ1) is 8.71. The molecule has 3 nitrogen and oxygen atoms in total. The standard InChI is InChI=1S/C6H2BrClIN3/c7-5-4(8)3-2(1-10-5)11-12-6(3)9/h1H,(H,11,12). The Kier molecular flexibility index (Phi) is 2.26. The normalized spacial score (nSPS) is 10.9. The van der Waals surface area contributed by atoms with Crippen molar-refractivity contribution in [3.05, 3.63) is 19.5 Å². The summed E-state index contributed by atoms with van der Waals surface area (Å²) in [5.74, 6) is 0. The zero-order valence-corrected chi connectivity index (χ0v) is 10.1. The van der Waals surface area contributed by atoms with Gasteiger partial charge in [-0.25, -0.2) is 4.98 Å². The number of nitrogens with zero attached hydrogens (tertiary/aromatic N) is 2. The number of rotatable bonds is 0. The zero-order chi connectivity index (χ0) is 8.72. The number of H-pyrrole nitrogens is 1. The first-order chi connectivity index (χ1) is 5.70. The average Bonchev–Trinajstić information content (AvgIpc) is 2.41. The first-order valence-electron chi connectivity index (χ1n) is 3.03. The Hall–Kier alpha value is 0.120. The third-order valence-electron chi connectivity index (χ3n) is 1.45. The van der Waals surface area contributed by atoms with E-state index in [0.717, 1.165) is 14.6 Å². The summed E-state index contributed by atoms with van der Waals surface area (Å²) in [7, 11) is 0. The minimum Gasteiger partial charge on any atom is -0.271 e. The largest absolute Gasteiger partial charge is 0.271 e. The van der Waals surface area contributed by atoms with Crippen LogP contribution in [0.2, 0.25) is 5.02 Å². The maximum absolute atomic E-state index is 6.00. The van der Waals surface area contributed by atoms with Crippen molar-refractivity contribution in [2.24, 2.45) is 0 Å². The number of hydrogen-bond acceptors (Lipinski definition) is 2. The molecule has 0 spiro atoms. The molecule has 0 saturated carbocycles. The van der Waals surface area contributed by atoms with Crippen molar-refractivity contribution >= 4 is 61.0 Å². The molecule has 0 bridgehead atoms. The summed E-state index contributed by atoms with van der Waals surface area (Å²) >= 11 is 11.4. The van der Waals surface area contributed by atoms with Crippen LogP contribution in [-0.2, 0) is 0 Å². The highest BCUT2D eigenvalue weighted by molar-refractivity contribution is 14.1. The van der Waals surface area contributed by atoms with Gasteiger partial charge in [0.15, 0.2) is 0 Å². The van der Waals surface area contributed by atoms with Gasteiger partial charge in [-0.15, -0.1) is 0 Å². The molecule has 0 aromatic carbocycles. The van der Waals surface area contributed by atoms with E-state index in [1.807, 2.05) is 0 Å². The second-order valence-electron chi connectivity index (χ2n) is 2.16.